The summed E-state index contributed by atoms with van der Waals surface area (Å²) >= 11 is 5.81. The monoisotopic (exact) mass is 354 g/mol. The lowest BCUT2D eigenvalue weighted by molar-refractivity contribution is -0.144. The van der Waals surface area contributed by atoms with Crippen molar-refractivity contribution in [1.82, 2.24) is 10.2 Å². The Hall–Kier alpha value is -2.08. The van der Waals surface area contributed by atoms with Crippen LogP contribution in [0.15, 0.2) is 24.3 Å². The number of nitrogens with one attached hydrogen (secondary N) is 1. The number of halogens is 1. The van der Waals surface area contributed by atoms with Gasteiger partial charge < -0.3 is 15.3 Å². The molecule has 0 aliphatic carbocycles. The molecule has 0 aliphatic heterocycles. The van der Waals surface area contributed by atoms with Crippen LogP contribution in [0.5, 0.6) is 0 Å². The maximum atomic E-state index is 12.2. The third-order valence-electron chi connectivity index (χ3n) is 3.09. The Morgan fingerprint density at radius 3 is 2.25 bits per heavy atom. The third kappa shape index (κ3) is 7.97. The summed E-state index contributed by atoms with van der Waals surface area (Å²) in [7, 11) is 0. The molecule has 0 saturated heterocycles. The Morgan fingerprint density at radius 2 is 1.75 bits per heavy atom. The van der Waals surface area contributed by atoms with E-state index in [1.807, 2.05) is 20.8 Å². The molecule has 132 valence electrons. The van der Waals surface area contributed by atoms with E-state index in [1.54, 1.807) is 24.3 Å². The molecule has 0 radical (unpaired) electrons. The fourth-order valence-electron chi connectivity index (χ4n) is 2.04. The number of carbonyl (C=O) groups is 3. The van der Waals surface area contributed by atoms with Gasteiger partial charge in [-0.25, -0.2) is 0 Å². The highest BCUT2D eigenvalue weighted by atomic mass is 35.5. The van der Waals surface area contributed by atoms with Crippen molar-refractivity contribution in [3.63, 3.8) is 0 Å². The fraction of sp³-hybridized carbons (Fsp3) is 0.471. The summed E-state index contributed by atoms with van der Waals surface area (Å²) in [4.78, 5) is 36.2. The number of benzene rings is 1. The van der Waals surface area contributed by atoms with E-state index in [9.17, 15) is 14.4 Å². The summed E-state index contributed by atoms with van der Waals surface area (Å²) in [6, 6.07) is 6.79. The molecule has 0 aliphatic rings. The van der Waals surface area contributed by atoms with Crippen molar-refractivity contribution in [3.8, 4) is 0 Å². The first-order valence-electron chi connectivity index (χ1n) is 7.57. The average Bonchev–Trinajstić information content (AvgIpc) is 2.44. The molecule has 0 bridgehead atoms. The molecule has 0 heterocycles. The smallest absolute Gasteiger partial charge is 0.323 e. The van der Waals surface area contributed by atoms with Crippen LogP contribution in [0.1, 0.15) is 32.8 Å². The molecule has 0 unspecified atom stereocenters. The van der Waals surface area contributed by atoms with Crippen LogP contribution in [-0.2, 0) is 20.9 Å². The summed E-state index contributed by atoms with van der Waals surface area (Å²) in [6.07, 6.45) is 0.288. The molecule has 0 fully saturated rings. The van der Waals surface area contributed by atoms with Gasteiger partial charge in [0.15, 0.2) is 0 Å². The van der Waals surface area contributed by atoms with Crippen molar-refractivity contribution in [3.05, 3.63) is 34.9 Å². The summed E-state index contributed by atoms with van der Waals surface area (Å²) in [5.41, 5.74) is 0.576. The number of carboxylic acid groups (broad SMARTS) is 1. The number of amides is 2. The van der Waals surface area contributed by atoms with Crippen LogP contribution in [-0.4, -0.2) is 40.9 Å². The molecule has 1 aromatic rings. The SMILES string of the molecule is CC(C)(C)CC(=O)NCC(=O)N(CC(=O)O)Cc1ccc(Cl)cc1. The van der Waals surface area contributed by atoms with Gasteiger partial charge in [-0.3, -0.25) is 14.4 Å². The van der Waals surface area contributed by atoms with Gasteiger partial charge in [0.2, 0.25) is 11.8 Å². The summed E-state index contributed by atoms with van der Waals surface area (Å²) in [5.74, 6) is -1.80. The van der Waals surface area contributed by atoms with E-state index < -0.39 is 18.4 Å². The molecular formula is C17H23ClN2O4. The summed E-state index contributed by atoms with van der Waals surface area (Å²) in [5, 5.41) is 12.1. The predicted octanol–water partition coefficient (Wildman–Crippen LogP) is 2.31. The second kappa shape index (κ2) is 8.68. The largest absolute Gasteiger partial charge is 0.480 e. The molecule has 0 atom stereocenters. The minimum Gasteiger partial charge on any atom is -0.480 e. The van der Waals surface area contributed by atoms with Crippen molar-refractivity contribution < 1.29 is 19.5 Å². The molecule has 0 aromatic heterocycles. The zero-order valence-electron chi connectivity index (χ0n) is 14.1. The number of rotatable bonds is 7. The second-order valence-electron chi connectivity index (χ2n) is 6.78. The average molecular weight is 355 g/mol. The number of hydrogen-bond donors (Lipinski definition) is 2. The van der Waals surface area contributed by atoms with Gasteiger partial charge in [0.25, 0.3) is 0 Å². The lowest BCUT2D eigenvalue weighted by atomic mass is 9.92. The molecular weight excluding hydrogens is 332 g/mol. The fourth-order valence-corrected chi connectivity index (χ4v) is 2.16. The van der Waals surface area contributed by atoms with E-state index in [0.717, 1.165) is 5.56 Å². The van der Waals surface area contributed by atoms with Gasteiger partial charge in [-0.15, -0.1) is 0 Å². The standard InChI is InChI=1S/C17H23ClN2O4/c1-17(2,3)8-14(21)19-9-15(22)20(11-16(23)24)10-12-4-6-13(18)7-5-12/h4-7H,8-11H2,1-3H3,(H,19,21)(H,23,24). The van der Waals surface area contributed by atoms with Crippen LogP contribution in [0, 0.1) is 5.41 Å². The van der Waals surface area contributed by atoms with Crippen LogP contribution >= 0.6 is 11.6 Å². The number of nitrogens with zero attached hydrogens (tertiary/aromatic N) is 1. The minimum absolute atomic E-state index is 0.136. The molecule has 6 nitrogen and oxygen atoms in total. The predicted molar refractivity (Wildman–Crippen MR) is 91.6 cm³/mol. The first kappa shape index (κ1) is 20.0. The van der Waals surface area contributed by atoms with Crippen molar-refractivity contribution in [2.75, 3.05) is 13.1 Å². The Balaban J connectivity index is 2.66. The quantitative estimate of drug-likeness (QED) is 0.786. The summed E-state index contributed by atoms with van der Waals surface area (Å²) < 4.78 is 0. The Morgan fingerprint density at radius 1 is 1.17 bits per heavy atom. The van der Waals surface area contributed by atoms with Crippen LogP contribution in [0.25, 0.3) is 0 Å². The first-order valence-corrected chi connectivity index (χ1v) is 7.95. The molecule has 2 amide bonds. The molecule has 2 N–H and O–H groups in total. The topological polar surface area (TPSA) is 86.7 Å². The number of carbonyl (C=O) groups excluding carboxylic acids is 2. The van der Waals surface area contributed by atoms with Crippen LogP contribution in [0.2, 0.25) is 5.02 Å². The van der Waals surface area contributed by atoms with Crippen LogP contribution in [0.4, 0.5) is 0 Å². The highest BCUT2D eigenvalue weighted by Crippen LogP contribution is 2.17. The Labute approximate surface area is 146 Å². The van der Waals surface area contributed by atoms with Gasteiger partial charge in [-0.2, -0.15) is 0 Å². The molecule has 1 aromatic carbocycles. The highest BCUT2D eigenvalue weighted by molar-refractivity contribution is 6.30. The van der Waals surface area contributed by atoms with E-state index in [0.29, 0.717) is 5.02 Å². The van der Waals surface area contributed by atoms with Gasteiger partial charge in [0.1, 0.15) is 6.54 Å². The lowest BCUT2D eigenvalue weighted by Crippen LogP contribution is -2.42. The minimum atomic E-state index is -1.11. The van der Waals surface area contributed by atoms with Gasteiger partial charge in [-0.1, -0.05) is 44.5 Å². The zero-order chi connectivity index (χ0) is 18.3. The van der Waals surface area contributed by atoms with Crippen LogP contribution < -0.4 is 5.32 Å². The van der Waals surface area contributed by atoms with Crippen LogP contribution in [0.3, 0.4) is 0 Å². The summed E-state index contributed by atoms with van der Waals surface area (Å²) in [6.45, 7) is 5.24. The zero-order valence-corrected chi connectivity index (χ0v) is 14.9. The van der Waals surface area contributed by atoms with E-state index in [1.165, 1.54) is 4.90 Å². The van der Waals surface area contributed by atoms with Crippen molar-refractivity contribution in [2.45, 2.75) is 33.7 Å². The number of aliphatic carboxylic acids is 1. The van der Waals surface area contributed by atoms with Gasteiger partial charge in [0, 0.05) is 18.0 Å². The molecule has 0 spiro atoms. The van der Waals surface area contributed by atoms with Crippen molar-refractivity contribution in [2.24, 2.45) is 5.41 Å². The highest BCUT2D eigenvalue weighted by Gasteiger charge is 2.20. The van der Waals surface area contributed by atoms with E-state index in [4.69, 9.17) is 16.7 Å². The second-order valence-corrected chi connectivity index (χ2v) is 7.22. The Kier molecular flexibility index (Phi) is 7.22. The third-order valence-corrected chi connectivity index (χ3v) is 3.35. The molecule has 1 rings (SSSR count). The number of hydrogen-bond acceptors (Lipinski definition) is 3. The Bertz CT molecular complexity index is 594. The van der Waals surface area contributed by atoms with Crippen molar-refractivity contribution in [1.29, 1.82) is 0 Å². The van der Waals surface area contributed by atoms with Gasteiger partial charge >= 0.3 is 5.97 Å². The van der Waals surface area contributed by atoms with E-state index in [2.05, 4.69) is 5.32 Å². The van der Waals surface area contributed by atoms with Gasteiger partial charge in [0.05, 0.1) is 6.54 Å². The molecule has 7 heteroatoms. The maximum Gasteiger partial charge on any atom is 0.323 e. The van der Waals surface area contributed by atoms with E-state index in [-0.39, 0.29) is 30.8 Å². The normalized spacial score (nSPS) is 11.0. The van der Waals surface area contributed by atoms with Crippen molar-refractivity contribution >= 4 is 29.4 Å². The first-order chi connectivity index (χ1) is 11.1. The van der Waals surface area contributed by atoms with Gasteiger partial charge in [-0.05, 0) is 23.1 Å². The lowest BCUT2D eigenvalue weighted by Gasteiger charge is -2.22. The molecule has 24 heavy (non-hydrogen) atoms. The molecule has 0 saturated carbocycles. The maximum absolute atomic E-state index is 12.2. The number of carboxylic acids is 1. The van der Waals surface area contributed by atoms with E-state index >= 15 is 0 Å².